The summed E-state index contributed by atoms with van der Waals surface area (Å²) in [7, 11) is 0. The quantitative estimate of drug-likeness (QED) is 0.569. The molecule has 0 aromatic carbocycles. The van der Waals surface area contributed by atoms with Crippen molar-refractivity contribution in [2.75, 3.05) is 0 Å². The maximum Gasteiger partial charge on any atom is 0.344 e. The van der Waals surface area contributed by atoms with Gasteiger partial charge in [-0.15, -0.1) is 0 Å². The second-order valence-corrected chi connectivity index (χ2v) is 6.60. The minimum Gasteiger partial charge on any atom is -0.352 e. The summed E-state index contributed by atoms with van der Waals surface area (Å²) >= 11 is 5.04. The number of aromatic amines is 1. The summed E-state index contributed by atoms with van der Waals surface area (Å²) in [4.78, 5) is 39.8. The molecule has 3 rings (SSSR count). The molecule has 1 aliphatic heterocycles. The van der Waals surface area contributed by atoms with Gasteiger partial charge < -0.3 is 10.3 Å². The van der Waals surface area contributed by atoms with Gasteiger partial charge in [-0.05, 0) is 43.7 Å². The number of hydrogen-bond acceptors (Lipinski definition) is 4. The molecule has 122 valence electrons. The van der Waals surface area contributed by atoms with E-state index in [0.29, 0.717) is 18.8 Å². The number of aromatic nitrogens is 1. The average molecular weight is 334 g/mol. The van der Waals surface area contributed by atoms with Gasteiger partial charge in [-0.2, -0.15) is 5.01 Å². The Morgan fingerprint density at radius 3 is 2.74 bits per heavy atom. The van der Waals surface area contributed by atoms with E-state index >= 15 is 0 Å². The molecular formula is C15H18N4O3S. The maximum atomic E-state index is 12.6. The van der Waals surface area contributed by atoms with Gasteiger partial charge in [0.1, 0.15) is 10.2 Å². The van der Waals surface area contributed by atoms with Crippen molar-refractivity contribution in [3.8, 4) is 0 Å². The molecule has 2 fully saturated rings. The molecule has 3 N–H and O–H groups in total. The fourth-order valence-corrected chi connectivity index (χ4v) is 3.31. The highest BCUT2D eigenvalue weighted by Crippen LogP contribution is 2.35. The van der Waals surface area contributed by atoms with Crippen LogP contribution in [-0.4, -0.2) is 33.4 Å². The lowest BCUT2D eigenvalue weighted by Crippen LogP contribution is -2.51. The molecule has 1 spiro atoms. The van der Waals surface area contributed by atoms with E-state index in [0.717, 1.165) is 17.9 Å². The van der Waals surface area contributed by atoms with Crippen LogP contribution in [0.25, 0.3) is 0 Å². The minimum absolute atomic E-state index is 0.210. The van der Waals surface area contributed by atoms with Gasteiger partial charge in [0.25, 0.3) is 11.8 Å². The third-order valence-electron chi connectivity index (χ3n) is 4.57. The molecule has 0 unspecified atom stereocenters. The Bertz CT molecular complexity index is 721. The number of nitrogens with one attached hydrogen (secondary N) is 3. The SMILES string of the molecule is CC1CCC2(CC1)NC(=O)N(NC(=O)c1ccc[nH]c1=S)C2=O. The zero-order chi connectivity index (χ0) is 16.6. The van der Waals surface area contributed by atoms with E-state index in [1.165, 1.54) is 6.07 Å². The van der Waals surface area contributed by atoms with Crippen LogP contribution in [0.15, 0.2) is 18.3 Å². The van der Waals surface area contributed by atoms with Crippen LogP contribution in [0, 0.1) is 10.6 Å². The number of amides is 4. The first-order chi connectivity index (χ1) is 10.9. The molecule has 1 saturated heterocycles. The van der Waals surface area contributed by atoms with Crippen LogP contribution in [-0.2, 0) is 4.79 Å². The molecule has 0 bridgehead atoms. The predicted molar refractivity (Wildman–Crippen MR) is 84.8 cm³/mol. The number of hydrogen-bond donors (Lipinski definition) is 3. The fourth-order valence-electron chi connectivity index (χ4n) is 3.08. The van der Waals surface area contributed by atoms with Gasteiger partial charge in [-0.25, -0.2) is 4.79 Å². The van der Waals surface area contributed by atoms with Gasteiger partial charge in [-0.3, -0.25) is 15.0 Å². The number of carbonyl (C=O) groups excluding carboxylic acids is 3. The van der Waals surface area contributed by atoms with Crippen molar-refractivity contribution in [2.45, 2.75) is 38.1 Å². The first-order valence-electron chi connectivity index (χ1n) is 7.58. The Kier molecular flexibility index (Phi) is 3.93. The fraction of sp³-hybridized carbons (Fsp3) is 0.467. The lowest BCUT2D eigenvalue weighted by Gasteiger charge is -2.33. The highest BCUT2D eigenvalue weighted by molar-refractivity contribution is 7.71. The number of pyridine rings is 1. The van der Waals surface area contributed by atoms with Crippen molar-refractivity contribution in [3.63, 3.8) is 0 Å². The summed E-state index contributed by atoms with van der Waals surface area (Å²) in [6.45, 7) is 2.13. The normalized spacial score (nSPS) is 27.2. The second kappa shape index (κ2) is 5.77. The molecule has 0 radical (unpaired) electrons. The summed E-state index contributed by atoms with van der Waals surface area (Å²) in [6.07, 6.45) is 4.54. The number of carbonyl (C=O) groups is 3. The second-order valence-electron chi connectivity index (χ2n) is 6.19. The van der Waals surface area contributed by atoms with Crippen molar-refractivity contribution in [1.29, 1.82) is 0 Å². The molecule has 0 atom stereocenters. The van der Waals surface area contributed by atoms with Crippen molar-refractivity contribution >= 4 is 30.1 Å². The summed E-state index contributed by atoms with van der Waals surface area (Å²) < 4.78 is 0.248. The summed E-state index contributed by atoms with van der Waals surface area (Å²) in [5.74, 6) is -0.443. The predicted octanol–water partition coefficient (Wildman–Crippen LogP) is 1.89. The zero-order valence-corrected chi connectivity index (χ0v) is 13.5. The summed E-state index contributed by atoms with van der Waals surface area (Å²) in [5.41, 5.74) is 1.70. The Morgan fingerprint density at radius 1 is 1.39 bits per heavy atom. The van der Waals surface area contributed by atoms with Crippen molar-refractivity contribution in [1.82, 2.24) is 20.7 Å². The number of imide groups is 1. The number of hydrazine groups is 1. The largest absolute Gasteiger partial charge is 0.352 e. The van der Waals surface area contributed by atoms with Gasteiger partial charge >= 0.3 is 6.03 Å². The Balaban J connectivity index is 1.78. The Labute approximate surface area is 138 Å². The van der Waals surface area contributed by atoms with Gasteiger partial charge in [-0.1, -0.05) is 19.1 Å². The van der Waals surface area contributed by atoms with Gasteiger partial charge in [0.15, 0.2) is 0 Å². The van der Waals surface area contributed by atoms with Crippen LogP contribution in [0.5, 0.6) is 0 Å². The van der Waals surface area contributed by atoms with Crippen molar-refractivity contribution in [3.05, 3.63) is 28.5 Å². The van der Waals surface area contributed by atoms with E-state index < -0.39 is 23.4 Å². The van der Waals surface area contributed by atoms with E-state index in [9.17, 15) is 14.4 Å². The summed E-state index contributed by atoms with van der Waals surface area (Å²) in [5, 5.41) is 3.53. The molecule has 2 heterocycles. The van der Waals surface area contributed by atoms with Crippen LogP contribution in [0.3, 0.4) is 0 Å². The molecule has 1 aromatic rings. The number of H-pyrrole nitrogens is 1. The minimum atomic E-state index is -0.878. The van der Waals surface area contributed by atoms with E-state index in [-0.39, 0.29) is 10.2 Å². The standard InChI is InChI=1S/C15H18N4O3S/c1-9-4-6-15(7-5-9)13(21)19(14(22)17-15)18-11(20)10-3-2-8-16-12(10)23/h2-3,8-9H,4-7H2,1H3,(H,16,23)(H,17,22)(H,18,20). The van der Waals surface area contributed by atoms with Gasteiger partial charge in [0.2, 0.25) is 0 Å². The molecule has 7 nitrogen and oxygen atoms in total. The third-order valence-corrected chi connectivity index (χ3v) is 4.90. The molecule has 2 aliphatic rings. The highest BCUT2D eigenvalue weighted by Gasteiger charge is 2.52. The van der Waals surface area contributed by atoms with Crippen LogP contribution in [0.2, 0.25) is 0 Å². The smallest absolute Gasteiger partial charge is 0.344 e. The molecular weight excluding hydrogens is 316 g/mol. The molecule has 23 heavy (non-hydrogen) atoms. The Hall–Kier alpha value is -2.22. The third kappa shape index (κ3) is 2.74. The molecule has 4 amide bonds. The first-order valence-corrected chi connectivity index (χ1v) is 7.99. The molecule has 8 heteroatoms. The summed E-state index contributed by atoms with van der Waals surface area (Å²) in [6, 6.07) is 2.56. The van der Waals surface area contributed by atoms with E-state index in [1.807, 2.05) is 0 Å². The lowest BCUT2D eigenvalue weighted by molar-refractivity contribution is -0.134. The van der Waals surface area contributed by atoms with E-state index in [1.54, 1.807) is 12.3 Å². The van der Waals surface area contributed by atoms with E-state index in [2.05, 4.69) is 22.7 Å². The van der Waals surface area contributed by atoms with Crippen LogP contribution in [0.1, 0.15) is 43.0 Å². The maximum absolute atomic E-state index is 12.6. The molecule has 1 saturated carbocycles. The number of urea groups is 1. The van der Waals surface area contributed by atoms with Gasteiger partial charge in [0, 0.05) is 6.20 Å². The number of nitrogens with zero attached hydrogens (tertiary/aromatic N) is 1. The number of rotatable bonds is 2. The zero-order valence-electron chi connectivity index (χ0n) is 12.7. The first kappa shape index (κ1) is 15.7. The monoisotopic (exact) mass is 334 g/mol. The van der Waals surface area contributed by atoms with E-state index in [4.69, 9.17) is 12.2 Å². The van der Waals surface area contributed by atoms with Crippen molar-refractivity contribution in [2.24, 2.45) is 5.92 Å². The highest BCUT2D eigenvalue weighted by atomic mass is 32.1. The topological polar surface area (TPSA) is 94.3 Å². The lowest BCUT2D eigenvalue weighted by atomic mass is 9.77. The van der Waals surface area contributed by atoms with Gasteiger partial charge in [0.05, 0.1) is 5.56 Å². The molecule has 1 aromatic heterocycles. The van der Waals surface area contributed by atoms with Crippen LogP contribution in [0.4, 0.5) is 4.79 Å². The Morgan fingerprint density at radius 2 is 2.09 bits per heavy atom. The van der Waals surface area contributed by atoms with Crippen molar-refractivity contribution < 1.29 is 14.4 Å². The van der Waals surface area contributed by atoms with Crippen LogP contribution < -0.4 is 10.7 Å². The molecule has 1 aliphatic carbocycles. The van der Waals surface area contributed by atoms with Crippen LogP contribution >= 0.6 is 12.2 Å². The average Bonchev–Trinajstić information content (AvgIpc) is 2.75.